The predicted octanol–water partition coefficient (Wildman–Crippen LogP) is 1.08. The number of unbranched alkanes of at least 4 members (excludes halogenated alkanes) is 1. The van der Waals surface area contributed by atoms with Gasteiger partial charge < -0.3 is 16.0 Å². The van der Waals surface area contributed by atoms with Crippen LogP contribution in [0.1, 0.15) is 33.1 Å². The van der Waals surface area contributed by atoms with Crippen molar-refractivity contribution in [2.24, 2.45) is 5.92 Å². The Morgan fingerprint density at radius 3 is 3.00 bits per heavy atom. The van der Waals surface area contributed by atoms with Crippen molar-refractivity contribution in [1.82, 2.24) is 16.0 Å². The second kappa shape index (κ2) is 6.67. The van der Waals surface area contributed by atoms with E-state index in [2.05, 4.69) is 29.8 Å². The molecule has 0 saturated carbocycles. The van der Waals surface area contributed by atoms with Crippen molar-refractivity contribution in [2.75, 3.05) is 19.6 Å². The molecule has 0 aromatic heterocycles. The van der Waals surface area contributed by atoms with Gasteiger partial charge in [-0.05, 0) is 25.3 Å². The van der Waals surface area contributed by atoms with E-state index in [0.717, 1.165) is 38.9 Å². The minimum atomic E-state index is -0.0241. The number of urea groups is 1. The minimum Gasteiger partial charge on any atom is -0.338 e. The summed E-state index contributed by atoms with van der Waals surface area (Å²) in [7, 11) is 0. The van der Waals surface area contributed by atoms with Gasteiger partial charge in [-0.25, -0.2) is 4.79 Å². The molecule has 15 heavy (non-hydrogen) atoms. The molecule has 3 N–H and O–H groups in total. The van der Waals surface area contributed by atoms with Crippen LogP contribution in [-0.4, -0.2) is 31.7 Å². The quantitative estimate of drug-likeness (QED) is 0.612. The molecular weight excluding hydrogens is 190 g/mol. The van der Waals surface area contributed by atoms with Crippen LogP contribution in [0.5, 0.6) is 0 Å². The zero-order chi connectivity index (χ0) is 11.1. The van der Waals surface area contributed by atoms with Gasteiger partial charge in [0.1, 0.15) is 0 Å². The van der Waals surface area contributed by atoms with Crippen molar-refractivity contribution in [3.05, 3.63) is 0 Å². The van der Waals surface area contributed by atoms with Crippen LogP contribution in [0.25, 0.3) is 0 Å². The standard InChI is InChI=1S/C11H23N3O/c1-3-4-6-13-11(15)14-10-8-12-7-5-9(10)2/h9-10,12H,3-8H2,1-2H3,(H2,13,14,15). The Hall–Kier alpha value is -0.770. The van der Waals surface area contributed by atoms with E-state index < -0.39 is 0 Å². The van der Waals surface area contributed by atoms with E-state index in [9.17, 15) is 4.79 Å². The highest BCUT2D eigenvalue weighted by Crippen LogP contribution is 2.10. The molecule has 4 nitrogen and oxygen atoms in total. The highest BCUT2D eigenvalue weighted by atomic mass is 16.2. The van der Waals surface area contributed by atoms with Crippen LogP contribution >= 0.6 is 0 Å². The maximum atomic E-state index is 11.5. The monoisotopic (exact) mass is 213 g/mol. The lowest BCUT2D eigenvalue weighted by molar-refractivity contribution is 0.225. The van der Waals surface area contributed by atoms with E-state index in [4.69, 9.17) is 0 Å². The Labute approximate surface area is 92.2 Å². The van der Waals surface area contributed by atoms with Gasteiger partial charge in [-0.2, -0.15) is 0 Å². The summed E-state index contributed by atoms with van der Waals surface area (Å²) < 4.78 is 0. The van der Waals surface area contributed by atoms with Crippen LogP contribution in [0.3, 0.4) is 0 Å². The molecule has 0 spiro atoms. The van der Waals surface area contributed by atoms with Crippen molar-refractivity contribution in [3.63, 3.8) is 0 Å². The van der Waals surface area contributed by atoms with Crippen molar-refractivity contribution < 1.29 is 4.79 Å². The molecule has 2 amide bonds. The molecule has 0 aromatic rings. The fourth-order valence-corrected chi connectivity index (χ4v) is 1.78. The molecule has 1 aliphatic rings. The van der Waals surface area contributed by atoms with Crippen molar-refractivity contribution in [2.45, 2.75) is 39.2 Å². The third-order valence-electron chi connectivity index (χ3n) is 2.96. The molecular formula is C11H23N3O. The fourth-order valence-electron chi connectivity index (χ4n) is 1.78. The molecule has 0 bridgehead atoms. The van der Waals surface area contributed by atoms with Gasteiger partial charge in [0.15, 0.2) is 0 Å². The number of piperidine rings is 1. The summed E-state index contributed by atoms with van der Waals surface area (Å²) in [6.45, 7) is 7.04. The van der Waals surface area contributed by atoms with Gasteiger partial charge in [0.2, 0.25) is 0 Å². The van der Waals surface area contributed by atoms with Crippen molar-refractivity contribution >= 4 is 6.03 Å². The number of hydrogen-bond acceptors (Lipinski definition) is 2. The van der Waals surface area contributed by atoms with Gasteiger partial charge in [-0.15, -0.1) is 0 Å². The van der Waals surface area contributed by atoms with Crippen molar-refractivity contribution in [3.8, 4) is 0 Å². The molecule has 88 valence electrons. The summed E-state index contributed by atoms with van der Waals surface area (Å²) in [6.07, 6.45) is 3.30. The molecule has 1 fully saturated rings. The fraction of sp³-hybridized carbons (Fsp3) is 0.909. The van der Waals surface area contributed by atoms with Gasteiger partial charge in [0.25, 0.3) is 0 Å². The van der Waals surface area contributed by atoms with Crippen LogP contribution < -0.4 is 16.0 Å². The van der Waals surface area contributed by atoms with Gasteiger partial charge in [0, 0.05) is 19.1 Å². The number of hydrogen-bond donors (Lipinski definition) is 3. The SMILES string of the molecule is CCCCNC(=O)NC1CNCCC1C. The summed E-state index contributed by atoms with van der Waals surface area (Å²) >= 11 is 0. The Morgan fingerprint density at radius 1 is 1.53 bits per heavy atom. The highest BCUT2D eigenvalue weighted by molar-refractivity contribution is 5.74. The Bertz CT molecular complexity index is 196. The van der Waals surface area contributed by atoms with E-state index in [-0.39, 0.29) is 12.1 Å². The molecule has 1 aliphatic heterocycles. The zero-order valence-corrected chi connectivity index (χ0v) is 9.81. The smallest absolute Gasteiger partial charge is 0.315 e. The van der Waals surface area contributed by atoms with Crippen LogP contribution in [0.15, 0.2) is 0 Å². The first-order chi connectivity index (χ1) is 7.24. The zero-order valence-electron chi connectivity index (χ0n) is 9.81. The number of rotatable bonds is 4. The molecule has 0 aliphatic carbocycles. The van der Waals surface area contributed by atoms with Gasteiger partial charge in [-0.3, -0.25) is 0 Å². The first-order valence-electron chi connectivity index (χ1n) is 5.99. The van der Waals surface area contributed by atoms with Crippen LogP contribution in [0.4, 0.5) is 4.79 Å². The van der Waals surface area contributed by atoms with Crippen molar-refractivity contribution in [1.29, 1.82) is 0 Å². The summed E-state index contributed by atoms with van der Waals surface area (Å²) in [5, 5.41) is 9.18. The molecule has 0 radical (unpaired) electrons. The van der Waals surface area contributed by atoms with E-state index in [0.29, 0.717) is 5.92 Å². The molecule has 0 aromatic carbocycles. The van der Waals surface area contributed by atoms with E-state index in [1.54, 1.807) is 0 Å². The van der Waals surface area contributed by atoms with Gasteiger partial charge >= 0.3 is 6.03 Å². The minimum absolute atomic E-state index is 0.0241. The Morgan fingerprint density at radius 2 is 2.33 bits per heavy atom. The van der Waals surface area contributed by atoms with Crippen LogP contribution in [-0.2, 0) is 0 Å². The largest absolute Gasteiger partial charge is 0.338 e. The maximum Gasteiger partial charge on any atom is 0.315 e. The van der Waals surface area contributed by atoms with Crippen LogP contribution in [0, 0.1) is 5.92 Å². The summed E-state index contributed by atoms with van der Waals surface area (Å²) in [6, 6.07) is 0.254. The maximum absolute atomic E-state index is 11.5. The van der Waals surface area contributed by atoms with E-state index in [1.165, 1.54) is 0 Å². The second-order valence-electron chi connectivity index (χ2n) is 4.33. The molecule has 4 heteroatoms. The molecule has 1 rings (SSSR count). The molecule has 1 heterocycles. The topological polar surface area (TPSA) is 53.2 Å². The number of carbonyl (C=O) groups excluding carboxylic acids is 1. The van der Waals surface area contributed by atoms with Gasteiger partial charge in [-0.1, -0.05) is 20.3 Å². The van der Waals surface area contributed by atoms with E-state index >= 15 is 0 Å². The lowest BCUT2D eigenvalue weighted by atomic mass is 9.95. The second-order valence-corrected chi connectivity index (χ2v) is 4.33. The van der Waals surface area contributed by atoms with Crippen LogP contribution in [0.2, 0.25) is 0 Å². The number of nitrogens with one attached hydrogen (secondary N) is 3. The summed E-state index contributed by atoms with van der Waals surface area (Å²) in [5.74, 6) is 0.572. The first kappa shape index (κ1) is 12.3. The molecule has 2 atom stereocenters. The number of amides is 2. The third-order valence-corrected chi connectivity index (χ3v) is 2.96. The average Bonchev–Trinajstić information content (AvgIpc) is 2.22. The normalized spacial score (nSPS) is 26.0. The summed E-state index contributed by atoms with van der Waals surface area (Å²) in [5.41, 5.74) is 0. The lowest BCUT2D eigenvalue weighted by Crippen LogP contribution is -2.52. The average molecular weight is 213 g/mol. The van der Waals surface area contributed by atoms with E-state index in [1.807, 2.05) is 0 Å². The Kier molecular flexibility index (Phi) is 5.47. The third kappa shape index (κ3) is 4.51. The van der Waals surface area contributed by atoms with Gasteiger partial charge in [0.05, 0.1) is 0 Å². The Balaban J connectivity index is 2.18. The molecule has 1 saturated heterocycles. The first-order valence-corrected chi connectivity index (χ1v) is 5.99. The predicted molar refractivity (Wildman–Crippen MR) is 61.9 cm³/mol. The lowest BCUT2D eigenvalue weighted by Gasteiger charge is -2.30. The molecule has 2 unspecified atom stereocenters. The highest BCUT2D eigenvalue weighted by Gasteiger charge is 2.22. The summed E-state index contributed by atoms with van der Waals surface area (Å²) in [4.78, 5) is 11.5. The number of carbonyl (C=O) groups is 1.